The quantitative estimate of drug-likeness (QED) is 0.779. The van der Waals surface area contributed by atoms with Gasteiger partial charge in [-0.15, -0.1) is 0 Å². The van der Waals surface area contributed by atoms with Crippen molar-refractivity contribution in [2.24, 2.45) is 0 Å². The molecule has 1 aromatic rings. The summed E-state index contributed by atoms with van der Waals surface area (Å²) in [6.45, 7) is 1.96. The third kappa shape index (κ3) is 2.27. The van der Waals surface area contributed by atoms with Crippen molar-refractivity contribution in [3.05, 3.63) is 29.0 Å². The highest BCUT2D eigenvalue weighted by molar-refractivity contribution is 6.31. The van der Waals surface area contributed by atoms with E-state index in [9.17, 15) is 14.0 Å². The number of hydrogen-bond acceptors (Lipinski definition) is 3. The molecule has 122 valence electrons. The molecule has 0 bridgehead atoms. The minimum atomic E-state index is -0.448. The minimum absolute atomic E-state index is 0.0588. The van der Waals surface area contributed by atoms with Crippen LogP contribution in [0.4, 0.5) is 14.9 Å². The number of fused-ring (bicyclic) bond motifs is 1. The van der Waals surface area contributed by atoms with Crippen LogP contribution in [0.25, 0.3) is 0 Å². The van der Waals surface area contributed by atoms with Crippen molar-refractivity contribution in [3.63, 3.8) is 0 Å². The highest BCUT2D eigenvalue weighted by atomic mass is 35.5. The predicted molar refractivity (Wildman–Crippen MR) is 84.0 cm³/mol. The third-order valence-electron chi connectivity index (χ3n) is 5.02. The maximum atomic E-state index is 13.3. The van der Waals surface area contributed by atoms with E-state index in [-0.39, 0.29) is 29.0 Å². The van der Waals surface area contributed by atoms with Crippen LogP contribution in [0.3, 0.4) is 0 Å². The Balaban J connectivity index is 1.51. The van der Waals surface area contributed by atoms with Gasteiger partial charge in [-0.3, -0.25) is 9.69 Å². The SMILES string of the molecule is O=C1[C@@H]2CCCN2C(=O)N1[C@H]1CCN(c2ccc(F)c(Cl)c2)C1. The summed E-state index contributed by atoms with van der Waals surface area (Å²) >= 11 is 5.84. The lowest BCUT2D eigenvalue weighted by atomic mass is 10.2. The molecule has 0 unspecified atom stereocenters. The van der Waals surface area contributed by atoms with Crippen molar-refractivity contribution >= 4 is 29.2 Å². The number of rotatable bonds is 2. The van der Waals surface area contributed by atoms with E-state index >= 15 is 0 Å². The fraction of sp³-hybridized carbons (Fsp3) is 0.500. The van der Waals surface area contributed by atoms with E-state index in [2.05, 4.69) is 0 Å². The average Bonchev–Trinajstić information content (AvgIpc) is 3.22. The Bertz CT molecular complexity index is 661. The van der Waals surface area contributed by atoms with E-state index in [4.69, 9.17) is 11.6 Å². The molecule has 1 aromatic carbocycles. The van der Waals surface area contributed by atoms with Crippen molar-refractivity contribution in [2.75, 3.05) is 24.5 Å². The summed E-state index contributed by atoms with van der Waals surface area (Å²) in [4.78, 5) is 30.1. The van der Waals surface area contributed by atoms with Crippen molar-refractivity contribution in [1.29, 1.82) is 0 Å². The second-order valence-electron chi connectivity index (χ2n) is 6.33. The molecule has 0 aromatic heterocycles. The fourth-order valence-corrected chi connectivity index (χ4v) is 4.03. The molecule has 0 N–H and O–H groups in total. The van der Waals surface area contributed by atoms with Crippen LogP contribution < -0.4 is 4.90 Å². The first kappa shape index (κ1) is 14.8. The molecular weight excluding hydrogens is 321 g/mol. The van der Waals surface area contributed by atoms with Gasteiger partial charge in [-0.2, -0.15) is 0 Å². The minimum Gasteiger partial charge on any atom is -0.369 e. The van der Waals surface area contributed by atoms with Gasteiger partial charge in [0.2, 0.25) is 0 Å². The molecule has 0 spiro atoms. The van der Waals surface area contributed by atoms with Gasteiger partial charge in [0.15, 0.2) is 0 Å². The normalized spacial score (nSPS) is 27.3. The summed E-state index contributed by atoms with van der Waals surface area (Å²) in [6.07, 6.45) is 2.40. The number of halogens is 2. The second-order valence-corrected chi connectivity index (χ2v) is 6.74. The van der Waals surface area contributed by atoms with Crippen LogP contribution >= 0.6 is 11.6 Å². The molecule has 5 nitrogen and oxygen atoms in total. The average molecular weight is 338 g/mol. The molecule has 2 atom stereocenters. The van der Waals surface area contributed by atoms with E-state index in [1.54, 1.807) is 17.0 Å². The van der Waals surface area contributed by atoms with E-state index in [1.165, 1.54) is 11.0 Å². The summed E-state index contributed by atoms with van der Waals surface area (Å²) in [6, 6.07) is 4.08. The first-order chi connectivity index (χ1) is 11.1. The van der Waals surface area contributed by atoms with Gasteiger partial charge >= 0.3 is 6.03 Å². The molecule has 3 heterocycles. The highest BCUT2D eigenvalue weighted by Crippen LogP contribution is 2.33. The molecule has 3 aliphatic rings. The molecule has 3 fully saturated rings. The lowest BCUT2D eigenvalue weighted by molar-refractivity contribution is -0.129. The van der Waals surface area contributed by atoms with Crippen molar-refractivity contribution in [3.8, 4) is 0 Å². The van der Waals surface area contributed by atoms with Crippen LogP contribution in [0.2, 0.25) is 5.02 Å². The number of carbonyl (C=O) groups is 2. The second kappa shape index (κ2) is 5.37. The number of anilines is 1. The molecule has 0 radical (unpaired) electrons. The number of hydrogen-bond donors (Lipinski definition) is 0. The van der Waals surface area contributed by atoms with Gasteiger partial charge in [0, 0.05) is 25.3 Å². The summed E-state index contributed by atoms with van der Waals surface area (Å²) in [5.74, 6) is -0.506. The summed E-state index contributed by atoms with van der Waals surface area (Å²) < 4.78 is 13.3. The van der Waals surface area contributed by atoms with Crippen molar-refractivity contribution in [1.82, 2.24) is 9.80 Å². The van der Waals surface area contributed by atoms with Gasteiger partial charge < -0.3 is 9.80 Å². The molecule has 3 saturated heterocycles. The third-order valence-corrected chi connectivity index (χ3v) is 5.31. The van der Waals surface area contributed by atoms with Gasteiger partial charge in [-0.1, -0.05) is 11.6 Å². The molecule has 0 aliphatic carbocycles. The van der Waals surface area contributed by atoms with Gasteiger partial charge in [0.05, 0.1) is 11.1 Å². The lowest BCUT2D eigenvalue weighted by Crippen LogP contribution is -2.43. The molecule has 3 aliphatic heterocycles. The van der Waals surface area contributed by atoms with Crippen LogP contribution in [-0.4, -0.2) is 53.5 Å². The number of urea groups is 1. The number of amides is 3. The number of nitrogens with zero attached hydrogens (tertiary/aromatic N) is 3. The zero-order valence-electron chi connectivity index (χ0n) is 12.5. The van der Waals surface area contributed by atoms with Crippen LogP contribution in [-0.2, 0) is 4.79 Å². The Labute approximate surface area is 138 Å². The van der Waals surface area contributed by atoms with Crippen molar-refractivity contribution in [2.45, 2.75) is 31.3 Å². The standard InChI is InChI=1S/C16H17ClFN3O2/c17-12-8-10(3-4-13(12)18)19-7-5-11(9-19)21-15(22)14-2-1-6-20(14)16(21)23/h3-4,8,11,14H,1-2,5-7,9H2/t11-,14-/m0/s1. The summed E-state index contributed by atoms with van der Waals surface area (Å²) in [5, 5.41) is 0.0833. The zero-order valence-corrected chi connectivity index (χ0v) is 13.3. The topological polar surface area (TPSA) is 43.9 Å². The van der Waals surface area contributed by atoms with E-state index in [1.807, 2.05) is 4.90 Å². The van der Waals surface area contributed by atoms with Gasteiger partial charge in [-0.25, -0.2) is 9.18 Å². The number of benzene rings is 1. The maximum absolute atomic E-state index is 13.3. The summed E-state index contributed by atoms with van der Waals surface area (Å²) in [7, 11) is 0. The highest BCUT2D eigenvalue weighted by Gasteiger charge is 2.50. The van der Waals surface area contributed by atoms with Crippen LogP contribution in [0.5, 0.6) is 0 Å². The Morgan fingerprint density at radius 2 is 2.00 bits per heavy atom. The van der Waals surface area contributed by atoms with E-state index < -0.39 is 5.82 Å². The largest absolute Gasteiger partial charge is 0.369 e. The monoisotopic (exact) mass is 337 g/mol. The Morgan fingerprint density at radius 3 is 2.74 bits per heavy atom. The predicted octanol–water partition coefficient (Wildman–Crippen LogP) is 2.48. The first-order valence-corrected chi connectivity index (χ1v) is 8.28. The van der Waals surface area contributed by atoms with E-state index in [0.29, 0.717) is 19.6 Å². The Kier molecular flexibility index (Phi) is 3.44. The molecule has 0 saturated carbocycles. The van der Waals surface area contributed by atoms with Gasteiger partial charge in [-0.05, 0) is 37.5 Å². The Morgan fingerprint density at radius 1 is 1.17 bits per heavy atom. The fourth-order valence-electron chi connectivity index (χ4n) is 3.85. The maximum Gasteiger partial charge on any atom is 0.327 e. The van der Waals surface area contributed by atoms with Gasteiger partial charge in [0.1, 0.15) is 11.9 Å². The van der Waals surface area contributed by atoms with Crippen LogP contribution in [0, 0.1) is 5.82 Å². The smallest absolute Gasteiger partial charge is 0.327 e. The van der Waals surface area contributed by atoms with Crippen LogP contribution in [0.1, 0.15) is 19.3 Å². The molecule has 4 rings (SSSR count). The molecular formula is C16H17ClFN3O2. The van der Waals surface area contributed by atoms with Crippen LogP contribution in [0.15, 0.2) is 18.2 Å². The van der Waals surface area contributed by atoms with Gasteiger partial charge in [0.25, 0.3) is 5.91 Å². The Hall–Kier alpha value is -1.82. The number of imide groups is 1. The molecule has 7 heteroatoms. The first-order valence-electron chi connectivity index (χ1n) is 7.90. The number of carbonyl (C=O) groups excluding carboxylic acids is 2. The molecule has 23 heavy (non-hydrogen) atoms. The summed E-state index contributed by atoms with van der Waals surface area (Å²) in [5.41, 5.74) is 0.818. The van der Waals surface area contributed by atoms with E-state index in [0.717, 1.165) is 24.9 Å². The lowest BCUT2D eigenvalue weighted by Gasteiger charge is -2.24. The zero-order chi connectivity index (χ0) is 16.1. The van der Waals surface area contributed by atoms with Crippen molar-refractivity contribution < 1.29 is 14.0 Å². The molecule has 3 amide bonds.